The Morgan fingerprint density at radius 2 is 1.85 bits per heavy atom. The van der Waals surface area contributed by atoms with Gasteiger partial charge in [0.25, 0.3) is 0 Å². The summed E-state index contributed by atoms with van der Waals surface area (Å²) in [6.45, 7) is 2.16. The van der Waals surface area contributed by atoms with Gasteiger partial charge in [0.2, 0.25) is 5.91 Å². The second-order valence-electron chi connectivity index (χ2n) is 7.67. The number of rotatable bonds is 1. The third kappa shape index (κ3) is 2.60. The van der Waals surface area contributed by atoms with E-state index in [9.17, 15) is 4.79 Å². The van der Waals surface area contributed by atoms with Crippen molar-refractivity contribution in [3.63, 3.8) is 0 Å². The predicted molar refractivity (Wildman–Crippen MR) is 114 cm³/mol. The number of hydrogen-bond donors (Lipinski definition) is 0. The molecule has 0 saturated carbocycles. The van der Waals surface area contributed by atoms with Crippen molar-refractivity contribution >= 4 is 34.1 Å². The van der Waals surface area contributed by atoms with Gasteiger partial charge < -0.3 is 0 Å². The number of hydrogen-bond acceptors (Lipinski definition) is 2. The summed E-state index contributed by atoms with van der Waals surface area (Å²) < 4.78 is 0. The Labute approximate surface area is 164 Å². The first-order chi connectivity index (χ1) is 13.2. The zero-order valence-electron chi connectivity index (χ0n) is 15.6. The zero-order valence-corrected chi connectivity index (χ0v) is 16.4. The molecule has 0 bridgehead atoms. The highest BCUT2D eigenvalue weighted by Gasteiger charge is 2.49. The Hall–Kier alpha value is -2.26. The number of fused-ring (bicyclic) bond motifs is 3. The molecule has 1 fully saturated rings. The Kier molecular flexibility index (Phi) is 4.01. The zero-order chi connectivity index (χ0) is 18.4. The molecule has 1 heterocycles. The number of aryl methyl sites for hydroxylation is 2. The molecule has 1 aliphatic heterocycles. The van der Waals surface area contributed by atoms with Crippen LogP contribution in [0.1, 0.15) is 36.0 Å². The van der Waals surface area contributed by atoms with Gasteiger partial charge in [-0.3, -0.25) is 9.69 Å². The van der Waals surface area contributed by atoms with Crippen molar-refractivity contribution in [2.45, 2.75) is 37.5 Å². The van der Waals surface area contributed by atoms with Crippen LogP contribution in [0.4, 0.5) is 5.69 Å². The largest absolute Gasteiger partial charge is 0.292 e. The van der Waals surface area contributed by atoms with Crippen molar-refractivity contribution in [1.82, 2.24) is 0 Å². The molecule has 0 N–H and O–H groups in total. The van der Waals surface area contributed by atoms with E-state index in [1.54, 1.807) is 0 Å². The van der Waals surface area contributed by atoms with Crippen molar-refractivity contribution in [1.29, 1.82) is 0 Å². The highest BCUT2D eigenvalue weighted by molar-refractivity contribution is 8.01. The monoisotopic (exact) mass is 373 g/mol. The first kappa shape index (κ1) is 16.9. The first-order valence-electron chi connectivity index (χ1n) is 9.74. The maximum absolute atomic E-state index is 13.2. The minimum atomic E-state index is -0.279. The van der Waals surface area contributed by atoms with Crippen LogP contribution in [0, 0.1) is 6.92 Å². The van der Waals surface area contributed by atoms with Crippen LogP contribution >= 0.6 is 11.8 Å². The van der Waals surface area contributed by atoms with E-state index in [0.717, 1.165) is 30.3 Å². The molecule has 2 nitrogen and oxygen atoms in total. The molecule has 3 aromatic rings. The van der Waals surface area contributed by atoms with Gasteiger partial charge in [0.05, 0.1) is 11.4 Å². The van der Waals surface area contributed by atoms with Crippen molar-refractivity contribution in [3.05, 3.63) is 77.4 Å². The number of anilines is 1. The molecule has 3 heteroatoms. The van der Waals surface area contributed by atoms with Gasteiger partial charge in [-0.15, -0.1) is 11.8 Å². The number of carbonyl (C=O) groups is 1. The average molecular weight is 374 g/mol. The summed E-state index contributed by atoms with van der Waals surface area (Å²) in [6, 6.07) is 21.5. The topological polar surface area (TPSA) is 20.3 Å². The maximum Gasteiger partial charge on any atom is 0.238 e. The first-order valence-corrected chi connectivity index (χ1v) is 10.7. The number of benzene rings is 3. The Morgan fingerprint density at radius 3 is 2.78 bits per heavy atom. The minimum absolute atomic E-state index is 0.228. The summed E-state index contributed by atoms with van der Waals surface area (Å²) in [5.74, 6) is 0.780. The molecule has 0 aromatic heterocycles. The van der Waals surface area contributed by atoms with Crippen LogP contribution in [-0.4, -0.2) is 11.7 Å². The Bertz CT molecular complexity index is 1040. The number of thioether (sulfide) groups is 1. The van der Waals surface area contributed by atoms with Gasteiger partial charge >= 0.3 is 0 Å². The summed E-state index contributed by atoms with van der Waals surface area (Å²) >= 11 is 1.83. The molecule has 2 aliphatic rings. The Morgan fingerprint density at radius 1 is 1.00 bits per heavy atom. The van der Waals surface area contributed by atoms with E-state index in [2.05, 4.69) is 72.5 Å². The van der Waals surface area contributed by atoms with Crippen molar-refractivity contribution < 1.29 is 4.79 Å². The number of amides is 1. The van der Waals surface area contributed by atoms with Gasteiger partial charge in [0, 0.05) is 5.39 Å². The summed E-state index contributed by atoms with van der Waals surface area (Å²) in [5, 5.41) is 2.35. The normalized spacial score (nSPS) is 22.3. The van der Waals surface area contributed by atoms with Crippen LogP contribution in [0.3, 0.4) is 0 Å². The van der Waals surface area contributed by atoms with Crippen LogP contribution in [0.5, 0.6) is 0 Å². The van der Waals surface area contributed by atoms with Crippen LogP contribution in [0.15, 0.2) is 60.7 Å². The molecular weight excluding hydrogens is 350 g/mol. The van der Waals surface area contributed by atoms with Crippen LogP contribution in [0.2, 0.25) is 0 Å². The molecule has 1 spiro atoms. The lowest BCUT2D eigenvalue weighted by atomic mass is 9.94. The summed E-state index contributed by atoms with van der Waals surface area (Å²) in [5.41, 5.74) is 5.08. The molecule has 136 valence electrons. The molecule has 1 aliphatic carbocycles. The lowest BCUT2D eigenvalue weighted by molar-refractivity contribution is -0.116. The second-order valence-corrected chi connectivity index (χ2v) is 8.92. The molecule has 3 aromatic carbocycles. The summed E-state index contributed by atoms with van der Waals surface area (Å²) in [4.78, 5) is 15.1. The summed E-state index contributed by atoms with van der Waals surface area (Å²) in [7, 11) is 0. The third-order valence-electron chi connectivity index (χ3n) is 5.95. The standard InChI is InChI=1S/C24H23NOS/c1-17-12-13-19-8-4-5-14-24(21(19)15-17)25(23(26)16-27-24)22-11-6-9-18-7-2-3-10-20(18)22/h2-3,6-7,9-13,15H,4-5,8,14,16H2,1H3. The van der Waals surface area contributed by atoms with E-state index in [4.69, 9.17) is 0 Å². The molecular formula is C24H23NOS. The minimum Gasteiger partial charge on any atom is -0.292 e. The highest BCUT2D eigenvalue weighted by atomic mass is 32.2. The fourth-order valence-corrected chi connectivity index (χ4v) is 6.17. The molecule has 1 unspecified atom stereocenters. The Balaban J connectivity index is 1.77. The molecule has 5 rings (SSSR count). The highest BCUT2D eigenvalue weighted by Crippen LogP contribution is 2.54. The molecule has 27 heavy (non-hydrogen) atoms. The van der Waals surface area contributed by atoms with Gasteiger partial charge in [0.15, 0.2) is 0 Å². The van der Waals surface area contributed by atoms with Crippen LogP contribution < -0.4 is 4.90 Å². The smallest absolute Gasteiger partial charge is 0.238 e. The van der Waals surface area contributed by atoms with Gasteiger partial charge in [-0.05, 0) is 55.2 Å². The van der Waals surface area contributed by atoms with Crippen LogP contribution in [0.25, 0.3) is 10.8 Å². The molecule has 1 atom stereocenters. The number of nitrogens with zero attached hydrogens (tertiary/aromatic N) is 1. The van der Waals surface area contributed by atoms with E-state index in [0.29, 0.717) is 5.75 Å². The lowest BCUT2D eigenvalue weighted by Crippen LogP contribution is -2.42. The van der Waals surface area contributed by atoms with E-state index in [-0.39, 0.29) is 10.8 Å². The third-order valence-corrected chi connectivity index (χ3v) is 7.43. The van der Waals surface area contributed by atoms with Crippen molar-refractivity contribution in [2.24, 2.45) is 0 Å². The van der Waals surface area contributed by atoms with Gasteiger partial charge in [-0.2, -0.15) is 0 Å². The quantitative estimate of drug-likeness (QED) is 0.537. The molecule has 0 radical (unpaired) electrons. The van der Waals surface area contributed by atoms with Crippen LogP contribution in [-0.2, 0) is 16.1 Å². The summed E-state index contributed by atoms with van der Waals surface area (Å²) in [6.07, 6.45) is 4.46. The SMILES string of the molecule is Cc1ccc2c(c1)C1(CCCC2)SCC(=O)N1c1cccc2ccccc12. The van der Waals surface area contributed by atoms with Gasteiger partial charge in [0.1, 0.15) is 4.87 Å². The van der Waals surface area contributed by atoms with Crippen molar-refractivity contribution in [2.75, 3.05) is 10.7 Å². The fourth-order valence-electron chi connectivity index (χ4n) is 4.71. The van der Waals surface area contributed by atoms with Gasteiger partial charge in [-0.25, -0.2) is 0 Å². The number of carbonyl (C=O) groups excluding carboxylic acids is 1. The predicted octanol–water partition coefficient (Wildman–Crippen LogP) is 5.81. The van der Waals surface area contributed by atoms with Gasteiger partial charge in [-0.1, -0.05) is 60.2 Å². The fraction of sp³-hybridized carbons (Fsp3) is 0.292. The maximum atomic E-state index is 13.2. The second kappa shape index (κ2) is 6.42. The van der Waals surface area contributed by atoms with E-state index >= 15 is 0 Å². The lowest BCUT2D eigenvalue weighted by Gasteiger charge is -2.39. The van der Waals surface area contributed by atoms with E-state index < -0.39 is 0 Å². The molecule has 1 amide bonds. The van der Waals surface area contributed by atoms with E-state index in [1.165, 1.54) is 28.5 Å². The molecule has 1 saturated heterocycles. The van der Waals surface area contributed by atoms with Crippen molar-refractivity contribution in [3.8, 4) is 0 Å². The average Bonchev–Trinajstić information content (AvgIpc) is 2.91. The van der Waals surface area contributed by atoms with E-state index in [1.807, 2.05) is 11.8 Å².